The molecule has 1 rings (SSSR count). The highest BCUT2D eigenvalue weighted by Crippen LogP contribution is 2.22. The van der Waals surface area contributed by atoms with Gasteiger partial charge in [0.2, 0.25) is 5.91 Å². The second kappa shape index (κ2) is 3.96. The van der Waals surface area contributed by atoms with Crippen LogP contribution in [0, 0.1) is 0 Å². The molecule has 0 aromatic heterocycles. The fourth-order valence-electron chi connectivity index (χ4n) is 1.48. The molecule has 0 bridgehead atoms. The van der Waals surface area contributed by atoms with Crippen molar-refractivity contribution >= 4 is 21.8 Å². The van der Waals surface area contributed by atoms with Crippen molar-refractivity contribution in [1.29, 1.82) is 0 Å². The summed E-state index contributed by atoms with van der Waals surface area (Å²) in [5.41, 5.74) is 0. The summed E-state index contributed by atoms with van der Waals surface area (Å²) in [6.45, 7) is 5.28. The maximum atomic E-state index is 11.8. The molecule has 76 valence electrons. The summed E-state index contributed by atoms with van der Waals surface area (Å²) in [5, 5.41) is 0. The number of alkyl halides is 1. The van der Waals surface area contributed by atoms with Crippen LogP contribution in [0.25, 0.3) is 0 Å². The van der Waals surface area contributed by atoms with E-state index in [0.29, 0.717) is 0 Å². The second-order valence-electron chi connectivity index (χ2n) is 3.87. The number of carbonyl (C=O) groups excluding carboxylic acids is 1. The number of methoxy groups -OCH3 is 1. The van der Waals surface area contributed by atoms with E-state index < -0.39 is 4.32 Å². The summed E-state index contributed by atoms with van der Waals surface area (Å²) in [7, 11) is 1.69. The zero-order valence-corrected chi connectivity index (χ0v) is 9.93. The lowest BCUT2D eigenvalue weighted by Crippen LogP contribution is -2.40. The lowest BCUT2D eigenvalue weighted by Gasteiger charge is -2.23. The lowest BCUT2D eigenvalue weighted by molar-refractivity contribution is -0.132. The molecular formula is C9H16BrNO2. The Morgan fingerprint density at radius 3 is 2.62 bits per heavy atom. The zero-order chi connectivity index (χ0) is 10.1. The van der Waals surface area contributed by atoms with Crippen LogP contribution in [0.2, 0.25) is 0 Å². The van der Waals surface area contributed by atoms with Crippen molar-refractivity contribution in [1.82, 2.24) is 4.90 Å². The highest BCUT2D eigenvalue weighted by Gasteiger charge is 2.33. The average Bonchev–Trinajstić information content (AvgIpc) is 2.48. The van der Waals surface area contributed by atoms with Crippen LogP contribution in [0.3, 0.4) is 0 Å². The molecule has 1 fully saturated rings. The van der Waals surface area contributed by atoms with E-state index in [1.165, 1.54) is 0 Å². The van der Waals surface area contributed by atoms with Crippen molar-refractivity contribution in [2.45, 2.75) is 30.7 Å². The minimum atomic E-state index is -0.449. The Morgan fingerprint density at radius 2 is 2.23 bits per heavy atom. The first-order valence-corrected chi connectivity index (χ1v) is 5.25. The maximum absolute atomic E-state index is 11.8. The SMILES string of the molecule is COC1CCN(C(=O)C(C)(C)Br)C1. The number of halogens is 1. The number of nitrogens with zero attached hydrogens (tertiary/aromatic N) is 1. The van der Waals surface area contributed by atoms with E-state index in [9.17, 15) is 4.79 Å². The number of likely N-dealkylation sites (tertiary alicyclic amines) is 1. The van der Waals surface area contributed by atoms with E-state index >= 15 is 0 Å². The molecule has 1 amide bonds. The topological polar surface area (TPSA) is 29.5 Å². The Bertz CT molecular complexity index is 200. The van der Waals surface area contributed by atoms with Gasteiger partial charge in [0.1, 0.15) is 0 Å². The summed E-state index contributed by atoms with van der Waals surface area (Å²) in [6, 6.07) is 0. The third-order valence-corrected chi connectivity index (χ3v) is 2.61. The van der Waals surface area contributed by atoms with E-state index in [0.717, 1.165) is 19.5 Å². The first-order chi connectivity index (χ1) is 5.95. The third-order valence-electron chi connectivity index (χ3n) is 2.27. The van der Waals surface area contributed by atoms with Gasteiger partial charge in [-0.3, -0.25) is 4.79 Å². The van der Waals surface area contributed by atoms with Crippen LogP contribution in [-0.2, 0) is 9.53 Å². The molecule has 4 heteroatoms. The molecule has 1 saturated heterocycles. The van der Waals surface area contributed by atoms with Crippen molar-refractivity contribution in [3.05, 3.63) is 0 Å². The fraction of sp³-hybridized carbons (Fsp3) is 0.889. The molecule has 0 saturated carbocycles. The molecule has 0 N–H and O–H groups in total. The number of amides is 1. The monoisotopic (exact) mass is 249 g/mol. The molecule has 0 aliphatic carbocycles. The van der Waals surface area contributed by atoms with Crippen molar-refractivity contribution in [2.24, 2.45) is 0 Å². The van der Waals surface area contributed by atoms with Gasteiger partial charge in [-0.05, 0) is 20.3 Å². The van der Waals surface area contributed by atoms with Gasteiger partial charge in [-0.15, -0.1) is 0 Å². The Morgan fingerprint density at radius 1 is 1.62 bits per heavy atom. The summed E-state index contributed by atoms with van der Waals surface area (Å²) >= 11 is 3.36. The first kappa shape index (κ1) is 11.0. The number of ether oxygens (including phenoxy) is 1. The maximum Gasteiger partial charge on any atom is 0.238 e. The highest BCUT2D eigenvalue weighted by molar-refractivity contribution is 9.10. The number of hydrogen-bond acceptors (Lipinski definition) is 2. The van der Waals surface area contributed by atoms with Crippen LogP contribution in [0.1, 0.15) is 20.3 Å². The number of hydrogen-bond donors (Lipinski definition) is 0. The molecule has 0 aromatic carbocycles. The minimum absolute atomic E-state index is 0.145. The Hall–Kier alpha value is -0.0900. The van der Waals surface area contributed by atoms with Crippen LogP contribution in [0.5, 0.6) is 0 Å². The minimum Gasteiger partial charge on any atom is -0.380 e. The van der Waals surface area contributed by atoms with E-state index in [1.54, 1.807) is 7.11 Å². The Kier molecular flexibility index (Phi) is 3.35. The van der Waals surface area contributed by atoms with E-state index in [2.05, 4.69) is 15.9 Å². The third kappa shape index (κ3) is 2.68. The molecule has 13 heavy (non-hydrogen) atoms. The van der Waals surface area contributed by atoms with Gasteiger partial charge in [0.25, 0.3) is 0 Å². The smallest absolute Gasteiger partial charge is 0.238 e. The largest absolute Gasteiger partial charge is 0.380 e. The van der Waals surface area contributed by atoms with Gasteiger partial charge in [0.05, 0.1) is 10.4 Å². The number of rotatable bonds is 2. The summed E-state index contributed by atoms with van der Waals surface area (Å²) in [6.07, 6.45) is 1.17. The fourth-order valence-corrected chi connectivity index (χ4v) is 1.73. The number of carbonyl (C=O) groups is 1. The van der Waals surface area contributed by atoms with Crippen LogP contribution in [-0.4, -0.2) is 41.4 Å². The summed E-state index contributed by atoms with van der Waals surface area (Å²) < 4.78 is 4.75. The summed E-state index contributed by atoms with van der Waals surface area (Å²) in [5.74, 6) is 0.145. The molecule has 1 atom stereocenters. The molecule has 1 aliphatic heterocycles. The van der Waals surface area contributed by atoms with Crippen molar-refractivity contribution in [2.75, 3.05) is 20.2 Å². The average molecular weight is 250 g/mol. The van der Waals surface area contributed by atoms with Gasteiger partial charge < -0.3 is 9.64 Å². The standard InChI is InChI=1S/C9H16BrNO2/c1-9(2,10)8(12)11-5-4-7(6-11)13-3/h7H,4-6H2,1-3H3. The van der Waals surface area contributed by atoms with E-state index in [-0.39, 0.29) is 12.0 Å². The highest BCUT2D eigenvalue weighted by atomic mass is 79.9. The molecule has 1 unspecified atom stereocenters. The normalized spacial score (nSPS) is 23.7. The van der Waals surface area contributed by atoms with Crippen molar-refractivity contribution < 1.29 is 9.53 Å². The predicted octanol–water partition coefficient (Wildman–Crippen LogP) is 1.41. The van der Waals surface area contributed by atoms with Gasteiger partial charge in [-0.25, -0.2) is 0 Å². The lowest BCUT2D eigenvalue weighted by atomic mass is 10.2. The molecule has 0 spiro atoms. The molecule has 0 aromatic rings. The predicted molar refractivity (Wildman–Crippen MR) is 55.0 cm³/mol. The van der Waals surface area contributed by atoms with Crippen molar-refractivity contribution in [3.63, 3.8) is 0 Å². The van der Waals surface area contributed by atoms with Gasteiger partial charge >= 0.3 is 0 Å². The molecule has 1 aliphatic rings. The Balaban J connectivity index is 2.52. The molecular weight excluding hydrogens is 234 g/mol. The van der Waals surface area contributed by atoms with Crippen molar-refractivity contribution in [3.8, 4) is 0 Å². The van der Waals surface area contributed by atoms with Crippen LogP contribution in [0.4, 0.5) is 0 Å². The van der Waals surface area contributed by atoms with Gasteiger partial charge in [-0.2, -0.15) is 0 Å². The van der Waals surface area contributed by atoms with E-state index in [4.69, 9.17) is 4.74 Å². The summed E-state index contributed by atoms with van der Waals surface area (Å²) in [4.78, 5) is 13.6. The molecule has 0 radical (unpaired) electrons. The second-order valence-corrected chi connectivity index (χ2v) is 5.85. The van der Waals surface area contributed by atoms with Crippen LogP contribution in [0.15, 0.2) is 0 Å². The zero-order valence-electron chi connectivity index (χ0n) is 8.34. The first-order valence-electron chi connectivity index (χ1n) is 4.46. The molecule has 3 nitrogen and oxygen atoms in total. The van der Waals surface area contributed by atoms with Crippen LogP contribution < -0.4 is 0 Å². The Labute approximate surface area is 87.6 Å². The quantitative estimate of drug-likeness (QED) is 0.693. The van der Waals surface area contributed by atoms with Gasteiger partial charge in [-0.1, -0.05) is 15.9 Å². The molecule has 1 heterocycles. The van der Waals surface area contributed by atoms with E-state index in [1.807, 2.05) is 18.7 Å². The van der Waals surface area contributed by atoms with Gasteiger partial charge in [0, 0.05) is 20.2 Å². The van der Waals surface area contributed by atoms with Gasteiger partial charge in [0.15, 0.2) is 0 Å². The van der Waals surface area contributed by atoms with Crippen LogP contribution >= 0.6 is 15.9 Å².